The largest absolute Gasteiger partial charge is 0.325 e. The molecule has 6 nitrogen and oxygen atoms in total. The molecule has 1 amide bonds. The second kappa shape index (κ2) is 6.28. The van der Waals surface area contributed by atoms with Crippen molar-refractivity contribution in [2.24, 2.45) is 5.73 Å². The van der Waals surface area contributed by atoms with Crippen molar-refractivity contribution in [1.29, 1.82) is 0 Å². The first-order valence-electron chi connectivity index (χ1n) is 6.89. The van der Waals surface area contributed by atoms with Crippen molar-refractivity contribution in [3.63, 3.8) is 0 Å². The number of nitrogens with one attached hydrogen (secondary N) is 1. The highest BCUT2D eigenvalue weighted by Crippen LogP contribution is 2.38. The lowest BCUT2D eigenvalue weighted by Gasteiger charge is -2.07. The minimum absolute atomic E-state index is 0.0501. The zero-order valence-electron chi connectivity index (χ0n) is 11.5. The van der Waals surface area contributed by atoms with E-state index >= 15 is 0 Å². The molecule has 1 fully saturated rings. The molecule has 0 spiro atoms. The number of carbonyl (C=O) groups is 1. The van der Waals surface area contributed by atoms with E-state index in [9.17, 15) is 4.79 Å². The Kier molecular flexibility index (Phi) is 4.21. The fourth-order valence-electron chi connectivity index (χ4n) is 2.09. The van der Waals surface area contributed by atoms with E-state index in [2.05, 4.69) is 20.1 Å². The quantitative estimate of drug-likeness (QED) is 0.795. The van der Waals surface area contributed by atoms with E-state index in [0.717, 1.165) is 29.5 Å². The molecule has 0 aliphatic heterocycles. The molecule has 0 bridgehead atoms. The number of nitrogens with zero attached hydrogens (tertiary/aromatic N) is 3. The third kappa shape index (κ3) is 3.43. The van der Waals surface area contributed by atoms with Crippen LogP contribution in [0.1, 0.15) is 24.7 Å². The van der Waals surface area contributed by atoms with Crippen molar-refractivity contribution in [2.75, 3.05) is 11.1 Å². The van der Waals surface area contributed by atoms with Gasteiger partial charge in [-0.15, -0.1) is 10.2 Å². The summed E-state index contributed by atoms with van der Waals surface area (Å²) in [6.07, 6.45) is 2.27. The van der Waals surface area contributed by atoms with E-state index in [0.29, 0.717) is 18.3 Å². The van der Waals surface area contributed by atoms with Gasteiger partial charge in [0.25, 0.3) is 0 Å². The van der Waals surface area contributed by atoms with Gasteiger partial charge in [0.2, 0.25) is 5.91 Å². The molecule has 3 rings (SSSR count). The van der Waals surface area contributed by atoms with E-state index in [1.807, 2.05) is 30.3 Å². The van der Waals surface area contributed by atoms with Crippen LogP contribution >= 0.6 is 11.8 Å². The van der Waals surface area contributed by atoms with Crippen LogP contribution in [-0.4, -0.2) is 26.4 Å². The van der Waals surface area contributed by atoms with Crippen LogP contribution in [0.15, 0.2) is 35.5 Å². The Labute approximate surface area is 127 Å². The van der Waals surface area contributed by atoms with Crippen molar-refractivity contribution in [3.8, 4) is 0 Å². The van der Waals surface area contributed by atoms with Crippen LogP contribution in [-0.2, 0) is 11.3 Å². The molecule has 0 saturated heterocycles. The Hall–Kier alpha value is -1.86. The summed E-state index contributed by atoms with van der Waals surface area (Å²) in [5, 5.41) is 11.9. The monoisotopic (exact) mass is 303 g/mol. The molecule has 0 unspecified atom stereocenters. The SMILES string of the molecule is NCc1nnc(SCC(=O)Nc2ccccc2)n1C1CC1. The van der Waals surface area contributed by atoms with E-state index in [1.165, 1.54) is 11.8 Å². The fourth-order valence-corrected chi connectivity index (χ4v) is 2.92. The molecular formula is C14H17N5OS. The number of hydrogen-bond donors (Lipinski definition) is 2. The summed E-state index contributed by atoms with van der Waals surface area (Å²) in [5.41, 5.74) is 6.48. The Morgan fingerprint density at radius 3 is 2.76 bits per heavy atom. The minimum atomic E-state index is -0.0501. The number of para-hydroxylation sites is 1. The third-order valence-electron chi connectivity index (χ3n) is 3.22. The molecule has 1 aromatic carbocycles. The molecule has 1 aliphatic rings. The summed E-state index contributed by atoms with van der Waals surface area (Å²) in [4.78, 5) is 11.9. The number of carbonyl (C=O) groups excluding carboxylic acids is 1. The van der Waals surface area contributed by atoms with Gasteiger partial charge in [0.15, 0.2) is 5.16 Å². The van der Waals surface area contributed by atoms with E-state index in [1.54, 1.807) is 0 Å². The maximum absolute atomic E-state index is 11.9. The second-order valence-electron chi connectivity index (χ2n) is 4.91. The maximum atomic E-state index is 11.9. The van der Waals surface area contributed by atoms with Gasteiger partial charge < -0.3 is 15.6 Å². The highest BCUT2D eigenvalue weighted by atomic mass is 32.2. The Balaban J connectivity index is 1.60. The van der Waals surface area contributed by atoms with Crippen molar-refractivity contribution in [3.05, 3.63) is 36.2 Å². The lowest BCUT2D eigenvalue weighted by atomic mass is 10.3. The number of anilines is 1. The van der Waals surface area contributed by atoms with Gasteiger partial charge >= 0.3 is 0 Å². The standard InChI is InChI=1S/C14H17N5OS/c15-8-12-17-18-14(19(12)11-6-7-11)21-9-13(20)16-10-4-2-1-3-5-10/h1-5,11H,6-9,15H2,(H,16,20). The molecule has 1 heterocycles. The van der Waals surface area contributed by atoms with Crippen molar-refractivity contribution >= 4 is 23.4 Å². The van der Waals surface area contributed by atoms with Crippen LogP contribution in [0, 0.1) is 0 Å². The van der Waals surface area contributed by atoms with Gasteiger partial charge in [-0.25, -0.2) is 0 Å². The van der Waals surface area contributed by atoms with Crippen LogP contribution in [0.2, 0.25) is 0 Å². The summed E-state index contributed by atoms with van der Waals surface area (Å²) in [7, 11) is 0. The Bertz CT molecular complexity index is 624. The molecule has 1 aromatic heterocycles. The van der Waals surface area contributed by atoms with Gasteiger partial charge in [0.05, 0.1) is 12.3 Å². The summed E-state index contributed by atoms with van der Waals surface area (Å²) in [6, 6.07) is 9.87. The molecule has 0 atom stereocenters. The molecule has 7 heteroatoms. The zero-order valence-corrected chi connectivity index (χ0v) is 12.3. The molecule has 110 valence electrons. The molecule has 0 radical (unpaired) electrons. The zero-order chi connectivity index (χ0) is 14.7. The number of nitrogens with two attached hydrogens (primary N) is 1. The maximum Gasteiger partial charge on any atom is 0.234 e. The minimum Gasteiger partial charge on any atom is -0.325 e. The van der Waals surface area contributed by atoms with E-state index in [4.69, 9.17) is 5.73 Å². The van der Waals surface area contributed by atoms with Gasteiger partial charge in [-0.2, -0.15) is 0 Å². The van der Waals surface area contributed by atoms with Crippen molar-refractivity contribution < 1.29 is 4.79 Å². The second-order valence-corrected chi connectivity index (χ2v) is 5.85. The number of hydrogen-bond acceptors (Lipinski definition) is 5. The molecule has 2 aromatic rings. The van der Waals surface area contributed by atoms with Gasteiger partial charge in [0.1, 0.15) is 5.82 Å². The predicted octanol–water partition coefficient (Wildman–Crippen LogP) is 1.80. The van der Waals surface area contributed by atoms with E-state index < -0.39 is 0 Å². The molecule has 1 saturated carbocycles. The Morgan fingerprint density at radius 1 is 1.33 bits per heavy atom. The fraction of sp³-hybridized carbons (Fsp3) is 0.357. The van der Waals surface area contributed by atoms with Crippen LogP contribution in [0.4, 0.5) is 5.69 Å². The summed E-state index contributed by atoms with van der Waals surface area (Å²) in [5.74, 6) is 1.05. The highest BCUT2D eigenvalue weighted by Gasteiger charge is 2.29. The number of aromatic nitrogens is 3. The van der Waals surface area contributed by atoms with Gasteiger partial charge in [-0.3, -0.25) is 4.79 Å². The summed E-state index contributed by atoms with van der Waals surface area (Å²) >= 11 is 1.40. The first-order valence-corrected chi connectivity index (χ1v) is 7.88. The number of benzene rings is 1. The average Bonchev–Trinajstić information content (AvgIpc) is 3.26. The highest BCUT2D eigenvalue weighted by molar-refractivity contribution is 7.99. The van der Waals surface area contributed by atoms with Gasteiger partial charge in [-0.1, -0.05) is 30.0 Å². The smallest absolute Gasteiger partial charge is 0.234 e. The van der Waals surface area contributed by atoms with Crippen LogP contribution in [0.5, 0.6) is 0 Å². The van der Waals surface area contributed by atoms with Crippen LogP contribution in [0.3, 0.4) is 0 Å². The van der Waals surface area contributed by atoms with E-state index in [-0.39, 0.29) is 5.91 Å². The lowest BCUT2D eigenvalue weighted by molar-refractivity contribution is -0.113. The Morgan fingerprint density at radius 2 is 2.10 bits per heavy atom. The van der Waals surface area contributed by atoms with Crippen molar-refractivity contribution in [2.45, 2.75) is 30.6 Å². The first kappa shape index (κ1) is 14.1. The third-order valence-corrected chi connectivity index (χ3v) is 4.16. The van der Waals surface area contributed by atoms with Gasteiger partial charge in [-0.05, 0) is 25.0 Å². The topological polar surface area (TPSA) is 85.8 Å². The molecule has 3 N–H and O–H groups in total. The van der Waals surface area contributed by atoms with Gasteiger partial charge in [0, 0.05) is 11.7 Å². The predicted molar refractivity (Wildman–Crippen MR) is 82.0 cm³/mol. The number of thioether (sulfide) groups is 1. The van der Waals surface area contributed by atoms with Crippen LogP contribution in [0.25, 0.3) is 0 Å². The molecule has 1 aliphatic carbocycles. The summed E-state index contributed by atoms with van der Waals surface area (Å²) in [6.45, 7) is 0.375. The first-order chi connectivity index (χ1) is 10.3. The average molecular weight is 303 g/mol. The van der Waals surface area contributed by atoms with Crippen molar-refractivity contribution in [1.82, 2.24) is 14.8 Å². The lowest BCUT2D eigenvalue weighted by Crippen LogP contribution is -2.15. The van der Waals surface area contributed by atoms with Crippen LogP contribution < -0.4 is 11.1 Å². The normalized spacial score (nSPS) is 14.1. The molecule has 21 heavy (non-hydrogen) atoms. The number of amides is 1. The summed E-state index contributed by atoms with van der Waals surface area (Å²) < 4.78 is 2.07. The molecular weight excluding hydrogens is 286 g/mol. The number of rotatable bonds is 6.